The zero-order valence-corrected chi connectivity index (χ0v) is 10.0. The van der Waals surface area contributed by atoms with Gasteiger partial charge in [0.05, 0.1) is 5.92 Å². The van der Waals surface area contributed by atoms with Crippen LogP contribution in [0.4, 0.5) is 4.79 Å². The summed E-state index contributed by atoms with van der Waals surface area (Å²) in [5.74, 6) is -0.602. The highest BCUT2D eigenvalue weighted by molar-refractivity contribution is 5.79. The number of aliphatic carboxylic acids is 1. The van der Waals surface area contributed by atoms with Gasteiger partial charge < -0.3 is 15.3 Å². The highest BCUT2D eigenvalue weighted by Crippen LogP contribution is 2.14. The van der Waals surface area contributed by atoms with Crippen molar-refractivity contribution in [3.8, 4) is 0 Å². The summed E-state index contributed by atoms with van der Waals surface area (Å²) in [6.45, 7) is 1.00. The Balaban J connectivity index is 1.66. The smallest absolute Gasteiger partial charge is 0.317 e. The maximum atomic E-state index is 11.6. The van der Waals surface area contributed by atoms with Crippen molar-refractivity contribution in [2.24, 2.45) is 13.0 Å². The lowest BCUT2D eigenvalue weighted by Crippen LogP contribution is -2.56. The number of aromatic nitrogens is 3. The second kappa shape index (κ2) is 5.03. The van der Waals surface area contributed by atoms with E-state index in [0.717, 1.165) is 0 Å². The van der Waals surface area contributed by atoms with E-state index in [0.29, 0.717) is 18.8 Å². The summed E-state index contributed by atoms with van der Waals surface area (Å²) in [5.41, 5.74) is 0. The molecule has 2 amide bonds. The first-order valence-electron chi connectivity index (χ1n) is 5.66. The fourth-order valence-electron chi connectivity index (χ4n) is 1.69. The van der Waals surface area contributed by atoms with Crippen molar-refractivity contribution in [2.75, 3.05) is 19.6 Å². The third kappa shape index (κ3) is 2.76. The SMILES string of the molecule is Cn1cnc(CCNC(=O)N2CC(C(=O)O)C2)n1. The van der Waals surface area contributed by atoms with E-state index in [2.05, 4.69) is 15.4 Å². The largest absolute Gasteiger partial charge is 0.481 e. The Bertz CT molecular complexity index is 452. The molecule has 1 aliphatic heterocycles. The molecule has 1 saturated heterocycles. The molecule has 0 radical (unpaired) electrons. The van der Waals surface area contributed by atoms with Crippen LogP contribution in [0.25, 0.3) is 0 Å². The molecule has 0 unspecified atom stereocenters. The van der Waals surface area contributed by atoms with E-state index in [1.165, 1.54) is 4.90 Å². The van der Waals surface area contributed by atoms with Gasteiger partial charge in [-0.2, -0.15) is 5.10 Å². The maximum Gasteiger partial charge on any atom is 0.317 e. The van der Waals surface area contributed by atoms with Crippen molar-refractivity contribution in [1.29, 1.82) is 0 Å². The molecule has 1 aromatic heterocycles. The monoisotopic (exact) mass is 253 g/mol. The molecule has 98 valence electrons. The number of nitrogens with zero attached hydrogens (tertiary/aromatic N) is 4. The first kappa shape index (κ1) is 12.3. The van der Waals surface area contributed by atoms with Gasteiger partial charge in [0.1, 0.15) is 6.33 Å². The number of carboxylic acid groups (broad SMARTS) is 1. The minimum Gasteiger partial charge on any atom is -0.481 e. The van der Waals surface area contributed by atoms with Crippen LogP contribution in [0.1, 0.15) is 5.82 Å². The fourth-order valence-corrected chi connectivity index (χ4v) is 1.69. The van der Waals surface area contributed by atoms with Gasteiger partial charge in [0.15, 0.2) is 5.82 Å². The Labute approximate surface area is 104 Å². The molecule has 0 aromatic carbocycles. The number of carbonyl (C=O) groups excluding carboxylic acids is 1. The Hall–Kier alpha value is -2.12. The Morgan fingerprint density at radius 2 is 2.28 bits per heavy atom. The van der Waals surface area contributed by atoms with Crippen molar-refractivity contribution in [2.45, 2.75) is 6.42 Å². The molecule has 0 spiro atoms. The van der Waals surface area contributed by atoms with Crippen molar-refractivity contribution in [3.63, 3.8) is 0 Å². The van der Waals surface area contributed by atoms with Crippen LogP contribution in [0.2, 0.25) is 0 Å². The molecule has 0 atom stereocenters. The van der Waals surface area contributed by atoms with Crippen LogP contribution in [-0.4, -0.2) is 56.4 Å². The maximum absolute atomic E-state index is 11.6. The predicted molar refractivity (Wildman–Crippen MR) is 60.8 cm³/mol. The van der Waals surface area contributed by atoms with Crippen LogP contribution in [0, 0.1) is 5.92 Å². The van der Waals surface area contributed by atoms with Crippen molar-refractivity contribution >= 4 is 12.0 Å². The molecule has 0 saturated carbocycles. The number of likely N-dealkylation sites (tertiary alicyclic amines) is 1. The molecule has 0 aliphatic carbocycles. The number of urea groups is 1. The molecule has 1 fully saturated rings. The molecule has 2 heterocycles. The first-order valence-corrected chi connectivity index (χ1v) is 5.66. The lowest BCUT2D eigenvalue weighted by atomic mass is 10.0. The van der Waals surface area contributed by atoms with Gasteiger partial charge in [-0.15, -0.1) is 0 Å². The number of amides is 2. The molecular formula is C10H15N5O3. The topological polar surface area (TPSA) is 100 Å². The summed E-state index contributed by atoms with van der Waals surface area (Å²) in [7, 11) is 1.78. The van der Waals surface area contributed by atoms with Crippen LogP contribution in [0.3, 0.4) is 0 Å². The van der Waals surface area contributed by atoms with Crippen LogP contribution in [0.15, 0.2) is 6.33 Å². The highest BCUT2D eigenvalue weighted by atomic mass is 16.4. The number of aryl methyl sites for hydroxylation is 1. The Morgan fingerprint density at radius 1 is 1.56 bits per heavy atom. The molecule has 8 nitrogen and oxygen atoms in total. The van der Waals surface area contributed by atoms with Gasteiger partial charge in [0.25, 0.3) is 0 Å². The van der Waals surface area contributed by atoms with E-state index in [9.17, 15) is 9.59 Å². The van der Waals surface area contributed by atoms with Crippen LogP contribution in [0.5, 0.6) is 0 Å². The number of carbonyl (C=O) groups is 2. The summed E-state index contributed by atoms with van der Waals surface area (Å²) in [4.78, 5) is 27.7. The molecular weight excluding hydrogens is 238 g/mol. The summed E-state index contributed by atoms with van der Waals surface area (Å²) in [6.07, 6.45) is 2.16. The molecule has 1 aliphatic rings. The van der Waals surface area contributed by atoms with Gasteiger partial charge in [0, 0.05) is 33.1 Å². The van der Waals surface area contributed by atoms with E-state index in [-0.39, 0.29) is 19.1 Å². The molecule has 0 bridgehead atoms. The lowest BCUT2D eigenvalue weighted by molar-refractivity contribution is -0.146. The third-order valence-electron chi connectivity index (χ3n) is 2.79. The molecule has 1 aromatic rings. The van der Waals surface area contributed by atoms with Crippen LogP contribution in [-0.2, 0) is 18.3 Å². The van der Waals surface area contributed by atoms with Gasteiger partial charge in [0.2, 0.25) is 0 Å². The standard InChI is InChI=1S/C10H15N5O3/c1-14-6-12-8(13-14)2-3-11-10(18)15-4-7(5-15)9(16)17/h6-7H,2-5H2,1H3,(H,11,18)(H,16,17). The average Bonchev–Trinajstić information content (AvgIpc) is 2.61. The van der Waals surface area contributed by atoms with E-state index in [4.69, 9.17) is 5.11 Å². The number of hydrogen-bond acceptors (Lipinski definition) is 4. The van der Waals surface area contributed by atoms with E-state index >= 15 is 0 Å². The van der Waals surface area contributed by atoms with Crippen LogP contribution < -0.4 is 5.32 Å². The molecule has 8 heteroatoms. The van der Waals surface area contributed by atoms with E-state index in [1.54, 1.807) is 18.1 Å². The zero-order chi connectivity index (χ0) is 13.1. The van der Waals surface area contributed by atoms with Crippen molar-refractivity contribution in [1.82, 2.24) is 25.0 Å². The molecule has 2 rings (SSSR count). The Morgan fingerprint density at radius 3 is 2.83 bits per heavy atom. The lowest BCUT2D eigenvalue weighted by Gasteiger charge is -2.36. The number of nitrogens with one attached hydrogen (secondary N) is 1. The minimum absolute atomic E-state index is 0.233. The van der Waals surface area contributed by atoms with Gasteiger partial charge in [-0.1, -0.05) is 0 Å². The zero-order valence-electron chi connectivity index (χ0n) is 10.0. The van der Waals surface area contributed by atoms with Gasteiger partial charge in [-0.25, -0.2) is 9.78 Å². The number of rotatable bonds is 4. The molecule has 18 heavy (non-hydrogen) atoms. The predicted octanol–water partition coefficient (Wildman–Crippen LogP) is -0.916. The first-order chi connectivity index (χ1) is 8.56. The fraction of sp³-hybridized carbons (Fsp3) is 0.600. The highest BCUT2D eigenvalue weighted by Gasteiger charge is 2.35. The minimum atomic E-state index is -0.850. The van der Waals surface area contributed by atoms with Gasteiger partial charge in [-0.3, -0.25) is 9.48 Å². The van der Waals surface area contributed by atoms with Gasteiger partial charge >= 0.3 is 12.0 Å². The summed E-state index contributed by atoms with van der Waals surface area (Å²) < 4.78 is 1.60. The normalized spacial score (nSPS) is 15.3. The summed E-state index contributed by atoms with van der Waals surface area (Å²) >= 11 is 0. The number of carboxylic acids is 1. The second-order valence-corrected chi connectivity index (χ2v) is 4.26. The van der Waals surface area contributed by atoms with E-state index in [1.807, 2.05) is 0 Å². The summed E-state index contributed by atoms with van der Waals surface area (Å²) in [6, 6.07) is -0.233. The third-order valence-corrected chi connectivity index (χ3v) is 2.79. The van der Waals surface area contributed by atoms with E-state index < -0.39 is 11.9 Å². The summed E-state index contributed by atoms with van der Waals surface area (Å²) in [5, 5.41) is 15.5. The van der Waals surface area contributed by atoms with Crippen LogP contribution >= 0.6 is 0 Å². The Kier molecular flexibility index (Phi) is 3.45. The van der Waals surface area contributed by atoms with Gasteiger partial charge in [-0.05, 0) is 0 Å². The average molecular weight is 253 g/mol. The number of hydrogen-bond donors (Lipinski definition) is 2. The second-order valence-electron chi connectivity index (χ2n) is 4.26. The van der Waals surface area contributed by atoms with Crippen molar-refractivity contribution in [3.05, 3.63) is 12.2 Å². The molecule has 2 N–H and O–H groups in total. The van der Waals surface area contributed by atoms with Crippen molar-refractivity contribution < 1.29 is 14.7 Å². The quantitative estimate of drug-likeness (QED) is 0.723.